The molecule has 2 aromatic rings. The van der Waals surface area contributed by atoms with Crippen molar-refractivity contribution in [2.45, 2.75) is 46.6 Å². The average Bonchev–Trinajstić information content (AvgIpc) is 3.29. The van der Waals surface area contributed by atoms with E-state index < -0.39 is 11.8 Å². The molecule has 3 N–H and O–H groups in total. The maximum atomic E-state index is 12.4. The van der Waals surface area contributed by atoms with Gasteiger partial charge < -0.3 is 9.40 Å². The minimum Gasteiger partial charge on any atom is -0.454 e. The standard InChI is InChI=1S/C20H26N4O4/c1-4-24(5-2)11-13-9-10-16(28-13)19(26)22-23-20(27)18-12(3)17-14(21-18)7-6-8-15(17)25/h9-10,21H,4-8,11H2,1-3H3,(H,22,26)(H,23,27). The van der Waals surface area contributed by atoms with Gasteiger partial charge in [-0.1, -0.05) is 13.8 Å². The van der Waals surface area contributed by atoms with Gasteiger partial charge in [-0.15, -0.1) is 0 Å². The number of nitrogens with one attached hydrogen (secondary N) is 3. The number of aromatic nitrogens is 1. The van der Waals surface area contributed by atoms with Crippen molar-refractivity contribution >= 4 is 17.6 Å². The summed E-state index contributed by atoms with van der Waals surface area (Å²) in [6, 6.07) is 3.33. The zero-order valence-corrected chi connectivity index (χ0v) is 16.5. The van der Waals surface area contributed by atoms with Crippen LogP contribution in [0.3, 0.4) is 0 Å². The number of Topliss-reactive ketones (excluding diaryl/α,β-unsaturated/α-hetero) is 1. The Labute approximate surface area is 163 Å². The quantitative estimate of drug-likeness (QED) is 0.661. The van der Waals surface area contributed by atoms with E-state index in [1.54, 1.807) is 19.1 Å². The molecule has 0 spiro atoms. The number of H-pyrrole nitrogens is 1. The van der Waals surface area contributed by atoms with Crippen molar-refractivity contribution in [3.05, 3.63) is 46.2 Å². The summed E-state index contributed by atoms with van der Waals surface area (Å²) in [6.07, 6.45) is 2.01. The third-order valence-electron chi connectivity index (χ3n) is 5.11. The Morgan fingerprint density at radius 1 is 1.14 bits per heavy atom. The highest BCUT2D eigenvalue weighted by molar-refractivity contribution is 6.04. The minimum atomic E-state index is -0.538. The van der Waals surface area contributed by atoms with E-state index in [0.717, 1.165) is 31.6 Å². The highest BCUT2D eigenvalue weighted by Crippen LogP contribution is 2.26. The van der Waals surface area contributed by atoms with Crippen molar-refractivity contribution in [1.29, 1.82) is 0 Å². The topological polar surface area (TPSA) is 107 Å². The van der Waals surface area contributed by atoms with Crippen LogP contribution < -0.4 is 10.9 Å². The van der Waals surface area contributed by atoms with Crippen molar-refractivity contribution in [2.24, 2.45) is 0 Å². The van der Waals surface area contributed by atoms with E-state index in [2.05, 4.69) is 34.6 Å². The zero-order chi connectivity index (χ0) is 20.3. The van der Waals surface area contributed by atoms with Gasteiger partial charge in [-0.3, -0.25) is 30.1 Å². The molecule has 2 amide bonds. The number of carbonyl (C=O) groups excluding carboxylic acids is 3. The summed E-state index contributed by atoms with van der Waals surface area (Å²) in [7, 11) is 0. The maximum absolute atomic E-state index is 12.4. The Hall–Kier alpha value is -2.87. The highest BCUT2D eigenvalue weighted by atomic mass is 16.4. The number of aryl methyl sites for hydroxylation is 1. The van der Waals surface area contributed by atoms with E-state index in [1.165, 1.54) is 0 Å². The van der Waals surface area contributed by atoms with Gasteiger partial charge in [-0.05, 0) is 50.6 Å². The Kier molecular flexibility index (Phi) is 5.99. The molecule has 8 heteroatoms. The van der Waals surface area contributed by atoms with Gasteiger partial charge >= 0.3 is 5.91 Å². The van der Waals surface area contributed by atoms with Crippen LogP contribution in [0.4, 0.5) is 0 Å². The second-order valence-corrected chi connectivity index (χ2v) is 6.89. The number of amides is 2. The number of fused-ring (bicyclic) bond motifs is 1. The molecule has 0 saturated heterocycles. The van der Waals surface area contributed by atoms with Gasteiger partial charge in [0.2, 0.25) is 0 Å². The molecular weight excluding hydrogens is 360 g/mol. The van der Waals surface area contributed by atoms with Crippen LogP contribution >= 0.6 is 0 Å². The molecule has 2 heterocycles. The normalized spacial score (nSPS) is 13.5. The first kappa shape index (κ1) is 19.9. The van der Waals surface area contributed by atoms with E-state index in [1.807, 2.05) is 0 Å². The fraction of sp³-hybridized carbons (Fsp3) is 0.450. The molecule has 0 bridgehead atoms. The van der Waals surface area contributed by atoms with Crippen LogP contribution in [0.5, 0.6) is 0 Å². The van der Waals surface area contributed by atoms with Crippen LogP contribution in [0.2, 0.25) is 0 Å². The Morgan fingerprint density at radius 2 is 1.86 bits per heavy atom. The van der Waals surface area contributed by atoms with E-state index in [4.69, 9.17) is 4.42 Å². The lowest BCUT2D eigenvalue weighted by Crippen LogP contribution is -2.41. The Bertz CT molecular complexity index is 892. The highest BCUT2D eigenvalue weighted by Gasteiger charge is 2.26. The smallest absolute Gasteiger partial charge is 0.305 e. The number of aromatic amines is 1. The minimum absolute atomic E-state index is 0.0504. The van der Waals surface area contributed by atoms with Crippen LogP contribution in [0, 0.1) is 6.92 Å². The first-order valence-corrected chi connectivity index (χ1v) is 9.60. The number of hydrazine groups is 1. The van der Waals surface area contributed by atoms with E-state index in [9.17, 15) is 14.4 Å². The number of furan rings is 1. The largest absolute Gasteiger partial charge is 0.454 e. The number of rotatable bonds is 6. The summed E-state index contributed by atoms with van der Waals surface area (Å²) in [6.45, 7) is 8.25. The first-order chi connectivity index (χ1) is 13.4. The molecule has 0 radical (unpaired) electrons. The summed E-state index contributed by atoms with van der Waals surface area (Å²) in [5.41, 5.74) is 7.05. The summed E-state index contributed by atoms with van der Waals surface area (Å²) >= 11 is 0. The molecule has 0 atom stereocenters. The van der Waals surface area contributed by atoms with Gasteiger partial charge in [-0.2, -0.15) is 0 Å². The van der Waals surface area contributed by atoms with Gasteiger partial charge in [0, 0.05) is 17.7 Å². The molecule has 1 aliphatic rings. The zero-order valence-electron chi connectivity index (χ0n) is 16.5. The van der Waals surface area contributed by atoms with E-state index >= 15 is 0 Å². The second-order valence-electron chi connectivity index (χ2n) is 6.89. The maximum Gasteiger partial charge on any atom is 0.305 e. The first-order valence-electron chi connectivity index (χ1n) is 9.60. The molecule has 3 rings (SSSR count). The van der Waals surface area contributed by atoms with Gasteiger partial charge in [-0.25, -0.2) is 0 Å². The van der Waals surface area contributed by atoms with Crippen LogP contribution in [-0.2, 0) is 13.0 Å². The molecule has 8 nitrogen and oxygen atoms in total. The Morgan fingerprint density at radius 3 is 2.54 bits per heavy atom. The summed E-state index contributed by atoms with van der Waals surface area (Å²) in [4.78, 5) is 42.0. The fourth-order valence-electron chi connectivity index (χ4n) is 3.49. The van der Waals surface area contributed by atoms with Crippen molar-refractivity contribution in [2.75, 3.05) is 13.1 Å². The average molecular weight is 386 g/mol. The second kappa shape index (κ2) is 8.43. The molecule has 0 aromatic carbocycles. The Balaban J connectivity index is 1.62. The monoisotopic (exact) mass is 386 g/mol. The van der Waals surface area contributed by atoms with E-state index in [0.29, 0.717) is 35.5 Å². The van der Waals surface area contributed by atoms with Crippen LogP contribution in [-0.4, -0.2) is 40.6 Å². The molecular formula is C20H26N4O4. The molecule has 0 fully saturated rings. The third kappa shape index (κ3) is 4.01. The number of carbonyl (C=O) groups is 3. The summed E-state index contributed by atoms with van der Waals surface area (Å²) in [5, 5.41) is 0. The van der Waals surface area contributed by atoms with E-state index in [-0.39, 0.29) is 11.5 Å². The number of nitrogens with zero attached hydrogens (tertiary/aromatic N) is 1. The van der Waals surface area contributed by atoms with Crippen molar-refractivity contribution in [1.82, 2.24) is 20.7 Å². The number of hydrogen-bond acceptors (Lipinski definition) is 5. The SMILES string of the molecule is CCN(CC)Cc1ccc(C(=O)NNC(=O)c2[nH]c3c(c2C)C(=O)CCC3)o1. The van der Waals surface area contributed by atoms with Crippen molar-refractivity contribution < 1.29 is 18.8 Å². The predicted molar refractivity (Wildman–Crippen MR) is 103 cm³/mol. The van der Waals surface area contributed by atoms with Crippen LogP contribution in [0.25, 0.3) is 0 Å². The molecule has 2 aromatic heterocycles. The van der Waals surface area contributed by atoms with Crippen molar-refractivity contribution in [3.8, 4) is 0 Å². The lowest BCUT2D eigenvalue weighted by Gasteiger charge is -2.15. The predicted octanol–water partition coefficient (Wildman–Crippen LogP) is 2.35. The summed E-state index contributed by atoms with van der Waals surface area (Å²) < 4.78 is 5.56. The molecule has 28 heavy (non-hydrogen) atoms. The van der Waals surface area contributed by atoms with Gasteiger partial charge in [0.15, 0.2) is 11.5 Å². The summed E-state index contributed by atoms with van der Waals surface area (Å²) in [5.74, 6) is -0.173. The van der Waals surface area contributed by atoms with Gasteiger partial charge in [0.1, 0.15) is 11.5 Å². The lowest BCUT2D eigenvalue weighted by molar-refractivity contribution is 0.0826. The van der Waals surface area contributed by atoms with Crippen LogP contribution in [0.15, 0.2) is 16.5 Å². The fourth-order valence-corrected chi connectivity index (χ4v) is 3.49. The molecule has 150 valence electrons. The van der Waals surface area contributed by atoms with Crippen LogP contribution in [0.1, 0.15) is 75.1 Å². The third-order valence-corrected chi connectivity index (χ3v) is 5.11. The molecule has 0 aliphatic heterocycles. The molecule has 1 aliphatic carbocycles. The number of hydrogen-bond donors (Lipinski definition) is 3. The van der Waals surface area contributed by atoms with Crippen molar-refractivity contribution in [3.63, 3.8) is 0 Å². The molecule has 0 saturated carbocycles. The number of ketones is 1. The molecule has 0 unspecified atom stereocenters. The van der Waals surface area contributed by atoms with Gasteiger partial charge in [0.25, 0.3) is 5.91 Å². The van der Waals surface area contributed by atoms with Gasteiger partial charge in [0.05, 0.1) is 6.54 Å². The lowest BCUT2D eigenvalue weighted by atomic mass is 9.94.